The van der Waals surface area contributed by atoms with Crippen LogP contribution in [-0.2, 0) is 9.63 Å². The second-order valence-corrected chi connectivity index (χ2v) is 8.19. The van der Waals surface area contributed by atoms with E-state index in [0.717, 1.165) is 0 Å². The summed E-state index contributed by atoms with van der Waals surface area (Å²) in [6.07, 6.45) is -4.80. The minimum atomic E-state index is -5.24. The maximum Gasteiger partial charge on any atom is 0.493 e. The number of benzene rings is 2. The number of aromatic nitrogens is 2. The number of carbonyl (C=O) groups excluding carboxylic acids is 2. The molecule has 0 spiro atoms. The number of nitrogens with one attached hydrogen (secondary N) is 2. The van der Waals surface area contributed by atoms with Crippen molar-refractivity contribution < 1.29 is 32.3 Å². The minimum absolute atomic E-state index is 0.0973. The predicted molar refractivity (Wildman–Crippen MR) is 113 cm³/mol. The summed E-state index contributed by atoms with van der Waals surface area (Å²) < 4.78 is 44.6. The van der Waals surface area contributed by atoms with E-state index < -0.39 is 23.6 Å². The number of halogens is 3. The number of carbonyl (C=O) groups is 2. The number of nitrogens with zero attached hydrogens (tertiary/aromatic N) is 2. The lowest BCUT2D eigenvalue weighted by Gasteiger charge is -2.28. The third-order valence-corrected chi connectivity index (χ3v) is 5.96. The highest BCUT2D eigenvalue weighted by atomic mass is 19.4. The van der Waals surface area contributed by atoms with Gasteiger partial charge in [-0.15, -0.1) is 0 Å². The van der Waals surface area contributed by atoms with Crippen LogP contribution in [0.5, 0.6) is 11.5 Å². The molecule has 2 unspecified atom stereocenters. The van der Waals surface area contributed by atoms with Crippen molar-refractivity contribution in [2.24, 2.45) is 5.92 Å². The van der Waals surface area contributed by atoms with Crippen molar-refractivity contribution in [1.29, 1.82) is 0 Å². The molecule has 1 aliphatic carbocycles. The lowest BCUT2D eigenvalue weighted by molar-refractivity contribution is -0.236. The van der Waals surface area contributed by atoms with Gasteiger partial charge in [0, 0.05) is 24.6 Å². The average molecular weight is 472 g/mol. The molecule has 2 aliphatic rings. The van der Waals surface area contributed by atoms with E-state index in [0.29, 0.717) is 40.8 Å². The number of piperidine rings is 1. The van der Waals surface area contributed by atoms with Crippen molar-refractivity contribution in [3.8, 4) is 22.8 Å². The Hall–Kier alpha value is -3.86. The highest BCUT2D eigenvalue weighted by Gasteiger charge is 2.65. The van der Waals surface area contributed by atoms with Crippen LogP contribution in [0.3, 0.4) is 0 Å². The zero-order valence-corrected chi connectivity index (χ0v) is 17.6. The molecular weight excluding hydrogens is 453 g/mol. The van der Waals surface area contributed by atoms with Gasteiger partial charge in [-0.2, -0.15) is 23.3 Å². The Kier molecular flexibility index (Phi) is 5.28. The van der Waals surface area contributed by atoms with Gasteiger partial charge in [-0.05, 0) is 36.8 Å². The van der Waals surface area contributed by atoms with E-state index in [1.165, 1.54) is 6.07 Å². The number of hydroxylamine groups is 2. The first-order chi connectivity index (χ1) is 16.3. The number of para-hydroxylation sites is 2. The number of ether oxygens (including phenoxy) is 1. The molecule has 2 fully saturated rings. The number of aromatic amines is 1. The summed E-state index contributed by atoms with van der Waals surface area (Å²) in [6.45, 7) is 0.745. The van der Waals surface area contributed by atoms with Crippen LogP contribution in [0.25, 0.3) is 11.3 Å². The normalized spacial score (nSPS) is 21.0. The zero-order chi connectivity index (χ0) is 23.9. The second kappa shape index (κ2) is 8.17. The van der Waals surface area contributed by atoms with Gasteiger partial charge in [0.15, 0.2) is 0 Å². The molecule has 11 heteroatoms. The number of alkyl halides is 3. The van der Waals surface area contributed by atoms with E-state index in [-0.39, 0.29) is 18.2 Å². The average Bonchev–Trinajstić information content (AvgIpc) is 3.14. The van der Waals surface area contributed by atoms with E-state index in [1.54, 1.807) is 36.4 Å². The fourth-order valence-corrected chi connectivity index (χ4v) is 4.16. The largest absolute Gasteiger partial charge is 0.493 e. The van der Waals surface area contributed by atoms with Crippen molar-refractivity contribution in [2.45, 2.75) is 18.1 Å². The van der Waals surface area contributed by atoms with Gasteiger partial charge >= 0.3 is 18.1 Å². The molecule has 3 aromatic rings. The molecule has 5 rings (SSSR count). The Morgan fingerprint density at radius 2 is 1.82 bits per heavy atom. The Morgan fingerprint density at radius 1 is 1.09 bits per heavy atom. The van der Waals surface area contributed by atoms with Gasteiger partial charge < -0.3 is 14.9 Å². The van der Waals surface area contributed by atoms with Gasteiger partial charge in [0.2, 0.25) is 0 Å². The molecule has 2 aromatic carbocycles. The Morgan fingerprint density at radius 3 is 2.50 bits per heavy atom. The van der Waals surface area contributed by atoms with Crippen molar-refractivity contribution in [1.82, 2.24) is 20.6 Å². The van der Waals surface area contributed by atoms with Gasteiger partial charge in [-0.1, -0.05) is 30.3 Å². The summed E-state index contributed by atoms with van der Waals surface area (Å²) >= 11 is 0. The molecule has 1 amide bonds. The first kappa shape index (κ1) is 22.0. The molecule has 1 saturated heterocycles. The molecular formula is C23H19F3N4O4. The highest BCUT2D eigenvalue weighted by molar-refractivity contribution is 5.95. The number of H-pyrrole nitrogens is 1. The summed E-state index contributed by atoms with van der Waals surface area (Å²) in [5.74, 6) is -2.39. The number of rotatable bonds is 5. The third kappa shape index (κ3) is 3.98. The van der Waals surface area contributed by atoms with E-state index in [4.69, 9.17) is 4.74 Å². The van der Waals surface area contributed by atoms with Crippen LogP contribution in [0.15, 0.2) is 60.7 Å². The van der Waals surface area contributed by atoms with E-state index in [1.807, 2.05) is 18.2 Å². The summed E-state index contributed by atoms with van der Waals surface area (Å²) in [5, 5.41) is 10.3. The minimum Gasteiger partial charge on any atom is -0.457 e. The quantitative estimate of drug-likeness (QED) is 0.550. The molecule has 2 atom stereocenters. The SMILES string of the molecule is O=C(c1cc(-c2ccccc2Oc2ccccc2)n[nH]1)N(OC(=O)C(F)(F)F)C12CNCC1C2. The molecule has 2 N–H and O–H groups in total. The predicted octanol–water partition coefficient (Wildman–Crippen LogP) is 3.69. The van der Waals surface area contributed by atoms with Crippen LogP contribution < -0.4 is 10.1 Å². The molecule has 1 aromatic heterocycles. The third-order valence-electron chi connectivity index (χ3n) is 5.96. The monoisotopic (exact) mass is 472 g/mol. The van der Waals surface area contributed by atoms with Gasteiger partial charge in [0.1, 0.15) is 17.2 Å². The molecule has 176 valence electrons. The lowest BCUT2D eigenvalue weighted by atomic mass is 10.1. The van der Waals surface area contributed by atoms with Crippen molar-refractivity contribution in [2.75, 3.05) is 13.1 Å². The maximum absolute atomic E-state index is 13.2. The van der Waals surface area contributed by atoms with Gasteiger partial charge in [0.05, 0.1) is 11.2 Å². The number of hydrogen-bond donors (Lipinski definition) is 2. The van der Waals surface area contributed by atoms with Crippen molar-refractivity contribution in [3.05, 3.63) is 66.4 Å². The van der Waals surface area contributed by atoms with Crippen LogP contribution in [-0.4, -0.2) is 51.9 Å². The standard InChI is InChI=1S/C23H19F3N4O4/c24-23(25,26)21(32)34-30(22-11-14(22)12-27-13-22)20(31)18-10-17(28-29-18)16-8-4-5-9-19(16)33-15-6-2-1-3-7-15/h1-10,14,27H,11-13H2,(H,28,29). The number of amides is 1. The van der Waals surface area contributed by atoms with Gasteiger partial charge in [-0.25, -0.2) is 4.79 Å². The van der Waals surface area contributed by atoms with Crippen LogP contribution in [0.4, 0.5) is 13.2 Å². The Labute approximate surface area is 191 Å². The number of hydrogen-bond acceptors (Lipinski definition) is 6. The van der Waals surface area contributed by atoms with E-state index in [2.05, 4.69) is 20.4 Å². The van der Waals surface area contributed by atoms with E-state index in [9.17, 15) is 22.8 Å². The number of fused-ring (bicyclic) bond motifs is 1. The topological polar surface area (TPSA) is 96.6 Å². The summed E-state index contributed by atoms with van der Waals surface area (Å²) in [4.78, 5) is 29.4. The molecule has 0 radical (unpaired) electrons. The van der Waals surface area contributed by atoms with Crippen LogP contribution in [0.2, 0.25) is 0 Å². The highest BCUT2D eigenvalue weighted by Crippen LogP contribution is 2.51. The lowest BCUT2D eigenvalue weighted by Crippen LogP contribution is -2.49. The van der Waals surface area contributed by atoms with E-state index >= 15 is 0 Å². The molecule has 0 bridgehead atoms. The van der Waals surface area contributed by atoms with Gasteiger partial charge in [-0.3, -0.25) is 9.89 Å². The zero-order valence-electron chi connectivity index (χ0n) is 17.6. The molecule has 34 heavy (non-hydrogen) atoms. The molecule has 1 saturated carbocycles. The van der Waals surface area contributed by atoms with Crippen molar-refractivity contribution >= 4 is 11.9 Å². The first-order valence-electron chi connectivity index (χ1n) is 10.5. The van der Waals surface area contributed by atoms with Gasteiger partial charge in [0.25, 0.3) is 0 Å². The molecule has 8 nitrogen and oxygen atoms in total. The smallest absolute Gasteiger partial charge is 0.457 e. The summed E-state index contributed by atoms with van der Waals surface area (Å²) in [6, 6.07) is 17.5. The second-order valence-electron chi connectivity index (χ2n) is 8.19. The van der Waals surface area contributed by atoms with Crippen LogP contribution in [0, 0.1) is 5.92 Å². The Bertz CT molecular complexity index is 1230. The fourth-order valence-electron chi connectivity index (χ4n) is 4.16. The summed E-state index contributed by atoms with van der Waals surface area (Å²) in [5.41, 5.74) is -0.222. The fraction of sp³-hybridized carbons (Fsp3) is 0.261. The van der Waals surface area contributed by atoms with Crippen LogP contribution >= 0.6 is 0 Å². The molecule has 2 heterocycles. The van der Waals surface area contributed by atoms with Crippen LogP contribution in [0.1, 0.15) is 16.9 Å². The summed E-state index contributed by atoms with van der Waals surface area (Å²) in [7, 11) is 0. The van der Waals surface area contributed by atoms with Crippen molar-refractivity contribution in [3.63, 3.8) is 0 Å². The first-order valence-corrected chi connectivity index (χ1v) is 10.5. The molecule has 1 aliphatic heterocycles. The Balaban J connectivity index is 1.43. The maximum atomic E-state index is 13.2.